The first kappa shape index (κ1) is 72.9. The van der Waals surface area contributed by atoms with Crippen LogP contribution in [0.25, 0.3) is 66.4 Å². The number of benzene rings is 4. The van der Waals surface area contributed by atoms with Gasteiger partial charge in [-0.2, -0.15) is 46.1 Å². The number of aryl methyl sites for hydroxylation is 1. The van der Waals surface area contributed by atoms with Crippen molar-refractivity contribution in [3.05, 3.63) is 241 Å². The lowest BCUT2D eigenvalue weighted by Gasteiger charge is -2.05. The van der Waals surface area contributed by atoms with Gasteiger partial charge >= 0.3 is 0 Å². The second kappa shape index (κ2) is 36.8. The van der Waals surface area contributed by atoms with E-state index in [9.17, 15) is 0 Å². The van der Waals surface area contributed by atoms with E-state index in [-0.39, 0.29) is 5.71 Å². The standard InChI is InChI=1S/C12H13N.C11H14N2.2C10H12N2.2C9H11N5.2C8H11N.4H2/c1-9(2)10-3-4-12-8-13-6-5-11(12)7-10;1-8(2)9-4-5-11-10(6-9)12-7-13(11)3;1-7(2)8-3-4-10-9(5-8)6-11-12-10;1-7(2)8-3-4-9-6-11-12-10(9)5-8;1-6(2)7-3-11-8(4-10-7)9-5-12-14-13-9;1-6(2)7-3-4-8(12-11-7)9-5-10-14-13-9;1-7(2)8-4-3-5-9-6-8;1-7(2)8-5-3-4-6-9-8;;;;/h3-9H,1-2H3;4-8H,1-3H3;2*3-7H,1-2H3,(H,11,12);3-6H,1-2H3,(H,12,13,14);3-6H,1-2H3,(H,10,13,14);2*3-7H,1-2H3;4*1H. The van der Waals surface area contributed by atoms with E-state index in [1.165, 1.54) is 54.9 Å². The maximum atomic E-state index is 4.32. The Morgan fingerprint density at radius 2 is 0.917 bits per heavy atom. The van der Waals surface area contributed by atoms with Gasteiger partial charge in [0.15, 0.2) is 0 Å². The zero-order valence-electron chi connectivity index (χ0n) is 58.8. The Balaban J connectivity index is 0.000000297. The van der Waals surface area contributed by atoms with Crippen molar-refractivity contribution < 1.29 is 5.71 Å². The number of aromatic amines is 4. The van der Waals surface area contributed by atoms with E-state index in [0.29, 0.717) is 58.7 Å². The smallest absolute Gasteiger partial charge is 0.133 e. The molecule has 14 aromatic rings. The summed E-state index contributed by atoms with van der Waals surface area (Å²) >= 11 is 0. The molecular weight excluding hydrogens is 1190 g/mol. The summed E-state index contributed by atoms with van der Waals surface area (Å²) in [5.41, 5.74) is 17.3. The highest BCUT2D eigenvalue weighted by molar-refractivity contribution is 5.82. The Morgan fingerprint density at radius 3 is 1.46 bits per heavy atom. The van der Waals surface area contributed by atoms with E-state index in [1.807, 2.05) is 91.5 Å². The third-order valence-electron chi connectivity index (χ3n) is 15.5. The SMILES string of the molecule is CC(C)c1ccc(-c2cn[nH]n2)nn1.CC(C)c1ccc2[nH]ncc2c1.CC(C)c1ccc2c(c1)ncn2C.CC(C)c1ccc2cn[nH]c2c1.CC(C)c1ccc2cnccc2c1.CC(C)c1ccccn1.CC(C)c1cccnc1.CC(C)c1cnc(-c2cn[nH]n2)cn1.[HH].[HH].[HH].[HH]. The number of rotatable bonds is 10. The Labute approximate surface area is 571 Å². The number of imidazole rings is 1. The molecule has 0 unspecified atom stereocenters. The molecule has 0 saturated heterocycles. The van der Waals surface area contributed by atoms with E-state index in [0.717, 1.165) is 45.0 Å². The molecule has 10 heterocycles. The highest BCUT2D eigenvalue weighted by atomic mass is 15.3. The molecule has 506 valence electrons. The van der Waals surface area contributed by atoms with Crippen molar-refractivity contribution >= 4 is 43.6 Å². The second-order valence-corrected chi connectivity index (χ2v) is 25.7. The van der Waals surface area contributed by atoms with Gasteiger partial charge in [-0.1, -0.05) is 165 Å². The van der Waals surface area contributed by atoms with Gasteiger partial charge in [-0.25, -0.2) is 4.98 Å². The van der Waals surface area contributed by atoms with Gasteiger partial charge in [0.05, 0.1) is 70.8 Å². The number of H-pyrrole nitrogens is 4. The molecule has 10 aromatic heterocycles. The molecule has 0 atom stereocenters. The molecule has 0 aliphatic carbocycles. The molecule has 0 aliphatic heterocycles. The highest BCUT2D eigenvalue weighted by Gasteiger charge is 2.09. The first-order valence-corrected chi connectivity index (χ1v) is 32.9. The van der Waals surface area contributed by atoms with Gasteiger partial charge in [0.2, 0.25) is 0 Å². The van der Waals surface area contributed by atoms with Crippen molar-refractivity contribution in [1.29, 1.82) is 0 Å². The third kappa shape index (κ3) is 22.3. The summed E-state index contributed by atoms with van der Waals surface area (Å²) in [7, 11) is 2.02. The molecule has 0 saturated carbocycles. The second-order valence-electron chi connectivity index (χ2n) is 25.7. The number of fused-ring (bicyclic) bond motifs is 4. The van der Waals surface area contributed by atoms with Crippen LogP contribution in [-0.4, -0.2) is 95.9 Å². The van der Waals surface area contributed by atoms with Gasteiger partial charge in [0.25, 0.3) is 0 Å². The topological polar surface area (TPSA) is 249 Å². The maximum absolute atomic E-state index is 4.32. The molecule has 14 rings (SSSR count). The fourth-order valence-corrected chi connectivity index (χ4v) is 9.25. The Morgan fingerprint density at radius 1 is 0.333 bits per heavy atom. The Kier molecular flexibility index (Phi) is 27.9. The summed E-state index contributed by atoms with van der Waals surface area (Å²) in [5.74, 6) is 4.28. The molecule has 0 spiro atoms. The molecule has 19 heteroatoms. The van der Waals surface area contributed by atoms with Crippen LogP contribution in [0.4, 0.5) is 0 Å². The summed E-state index contributed by atoms with van der Waals surface area (Å²) in [6.07, 6.45) is 21.6. The van der Waals surface area contributed by atoms with E-state index in [4.69, 9.17) is 0 Å². The monoisotopic (exact) mass is 1290 g/mol. The molecule has 0 fully saturated rings. The van der Waals surface area contributed by atoms with Gasteiger partial charge in [0.1, 0.15) is 22.8 Å². The number of nitrogens with zero attached hydrogens (tertiary/aromatic N) is 15. The molecule has 0 aliphatic rings. The minimum absolute atomic E-state index is 0. The fourth-order valence-electron chi connectivity index (χ4n) is 9.25. The molecule has 4 N–H and O–H groups in total. The first-order valence-electron chi connectivity index (χ1n) is 32.9. The lowest BCUT2D eigenvalue weighted by atomic mass is 10.0. The Hall–Kier alpha value is -10.6. The Bertz CT molecular complexity index is 4260. The van der Waals surface area contributed by atoms with Crippen LogP contribution in [0, 0.1) is 0 Å². The fraction of sp³-hybridized carbons (Fsp3) is 0.325. The van der Waals surface area contributed by atoms with Crippen molar-refractivity contribution in [2.45, 2.75) is 158 Å². The van der Waals surface area contributed by atoms with E-state index in [1.54, 1.807) is 31.0 Å². The summed E-state index contributed by atoms with van der Waals surface area (Å²) < 4.78 is 2.04. The summed E-state index contributed by atoms with van der Waals surface area (Å²) in [4.78, 5) is 25.1. The molecular formula is C77H103N19. The van der Waals surface area contributed by atoms with E-state index < -0.39 is 0 Å². The number of hydrogen-bond acceptors (Lipinski definition) is 14. The summed E-state index contributed by atoms with van der Waals surface area (Å²) in [6.45, 7) is 34.5. The molecule has 0 amide bonds. The number of aromatic nitrogens is 19. The lowest BCUT2D eigenvalue weighted by molar-refractivity contribution is 0.786. The average Bonchev–Trinajstić information content (AvgIpc) is 1.68. The molecule has 19 nitrogen and oxygen atoms in total. The molecule has 0 radical (unpaired) electrons. The normalized spacial score (nSPS) is 10.9. The number of nitrogens with one attached hydrogen (secondary N) is 4. The van der Waals surface area contributed by atoms with Crippen LogP contribution in [0.15, 0.2) is 196 Å². The van der Waals surface area contributed by atoms with Crippen LogP contribution in [0.2, 0.25) is 0 Å². The summed E-state index contributed by atoms with van der Waals surface area (Å²) in [5, 5.41) is 47.2. The van der Waals surface area contributed by atoms with Crippen LogP contribution in [0.1, 0.15) is 209 Å². The zero-order chi connectivity index (χ0) is 69.1. The van der Waals surface area contributed by atoms with Gasteiger partial charge in [-0.3, -0.25) is 35.1 Å². The van der Waals surface area contributed by atoms with Crippen molar-refractivity contribution in [2.24, 2.45) is 7.05 Å². The predicted molar refractivity (Wildman–Crippen MR) is 399 cm³/mol. The average molecular weight is 1290 g/mol. The van der Waals surface area contributed by atoms with Gasteiger partial charge < -0.3 is 4.57 Å². The molecule has 4 aromatic carbocycles. The minimum Gasteiger partial charge on any atom is -0.334 e. The zero-order valence-corrected chi connectivity index (χ0v) is 58.8. The van der Waals surface area contributed by atoms with Crippen molar-refractivity contribution in [3.8, 4) is 22.8 Å². The van der Waals surface area contributed by atoms with Crippen LogP contribution < -0.4 is 0 Å². The maximum Gasteiger partial charge on any atom is 0.133 e. The first-order chi connectivity index (χ1) is 46.1. The van der Waals surface area contributed by atoms with Gasteiger partial charge in [-0.05, 0) is 147 Å². The summed E-state index contributed by atoms with van der Waals surface area (Å²) in [6, 6.07) is 41.8. The van der Waals surface area contributed by atoms with Crippen molar-refractivity contribution in [3.63, 3.8) is 0 Å². The van der Waals surface area contributed by atoms with Crippen LogP contribution in [-0.2, 0) is 7.05 Å². The number of pyridine rings is 3. The van der Waals surface area contributed by atoms with Gasteiger partial charge in [0, 0.05) is 71.8 Å². The van der Waals surface area contributed by atoms with Crippen LogP contribution in [0.5, 0.6) is 0 Å². The number of hydrogen-bond donors (Lipinski definition) is 4. The molecule has 96 heavy (non-hydrogen) atoms. The lowest BCUT2D eigenvalue weighted by Crippen LogP contribution is -1.96. The quantitative estimate of drug-likeness (QED) is 0.0994. The largest absolute Gasteiger partial charge is 0.334 e. The van der Waals surface area contributed by atoms with Crippen molar-refractivity contribution in [1.82, 2.24) is 95.9 Å². The third-order valence-corrected chi connectivity index (χ3v) is 15.5. The van der Waals surface area contributed by atoms with Crippen LogP contribution >= 0.6 is 0 Å². The molecule has 0 bridgehead atoms. The van der Waals surface area contributed by atoms with Gasteiger partial charge in [-0.15, -0.1) is 5.10 Å². The van der Waals surface area contributed by atoms with E-state index >= 15 is 0 Å². The minimum atomic E-state index is 0. The van der Waals surface area contributed by atoms with Crippen molar-refractivity contribution in [2.75, 3.05) is 0 Å². The highest BCUT2D eigenvalue weighted by Crippen LogP contribution is 2.24. The van der Waals surface area contributed by atoms with Crippen LogP contribution in [0.3, 0.4) is 0 Å². The predicted octanol–water partition coefficient (Wildman–Crippen LogP) is 19.6. The van der Waals surface area contributed by atoms with E-state index in [2.05, 4.69) is 287 Å².